The lowest BCUT2D eigenvalue weighted by Crippen LogP contribution is -2.30. The lowest BCUT2D eigenvalue weighted by Gasteiger charge is -2.30. The molecule has 0 saturated heterocycles. The molecule has 0 unspecified atom stereocenters. The predicted octanol–water partition coefficient (Wildman–Crippen LogP) is 4.36. The number of halogens is 3. The Labute approximate surface area is 118 Å². The molecule has 0 N–H and O–H groups in total. The summed E-state index contributed by atoms with van der Waals surface area (Å²) < 4.78 is 18.3. The van der Waals surface area contributed by atoms with Crippen molar-refractivity contribution in [3.63, 3.8) is 0 Å². The van der Waals surface area contributed by atoms with Crippen molar-refractivity contribution in [3.8, 4) is 0 Å². The molecule has 0 aromatic heterocycles. The van der Waals surface area contributed by atoms with Gasteiger partial charge in [0.25, 0.3) is 0 Å². The van der Waals surface area contributed by atoms with Crippen LogP contribution < -0.4 is 0 Å². The summed E-state index contributed by atoms with van der Waals surface area (Å²) in [7, 11) is 1.68. The molecule has 102 valence electrons. The van der Waals surface area contributed by atoms with Gasteiger partial charge in [-0.3, -0.25) is 0 Å². The third-order valence-electron chi connectivity index (χ3n) is 3.20. The van der Waals surface area contributed by atoms with Crippen LogP contribution in [0, 0.1) is 5.82 Å². The van der Waals surface area contributed by atoms with E-state index in [9.17, 15) is 4.39 Å². The normalized spacial score (nSPS) is 11.8. The summed E-state index contributed by atoms with van der Waals surface area (Å²) in [5, 5.41) is 0. The minimum Gasteiger partial charge on any atom is -0.385 e. The van der Waals surface area contributed by atoms with Gasteiger partial charge in [-0.25, -0.2) is 4.39 Å². The Bertz CT molecular complexity index is 353. The van der Waals surface area contributed by atoms with Crippen LogP contribution in [0.2, 0.25) is 0 Å². The van der Waals surface area contributed by atoms with Gasteiger partial charge in [0.2, 0.25) is 0 Å². The lowest BCUT2D eigenvalue weighted by atomic mass is 9.79. The van der Waals surface area contributed by atoms with Crippen LogP contribution in [-0.2, 0) is 10.2 Å². The average molecular weight is 293 g/mol. The van der Waals surface area contributed by atoms with E-state index in [-0.39, 0.29) is 11.2 Å². The maximum absolute atomic E-state index is 13.3. The van der Waals surface area contributed by atoms with Crippen LogP contribution in [0.5, 0.6) is 0 Å². The van der Waals surface area contributed by atoms with Crippen molar-refractivity contribution in [2.45, 2.75) is 24.7 Å². The van der Waals surface area contributed by atoms with E-state index in [1.165, 1.54) is 12.1 Å². The Morgan fingerprint density at radius 1 is 1.22 bits per heavy atom. The highest BCUT2D eigenvalue weighted by atomic mass is 35.5. The summed E-state index contributed by atoms with van der Waals surface area (Å²) in [4.78, 5) is 0. The van der Waals surface area contributed by atoms with Crippen molar-refractivity contribution >= 4 is 23.2 Å². The number of hydrogen-bond donors (Lipinski definition) is 0. The molecule has 1 aromatic carbocycles. The van der Waals surface area contributed by atoms with Gasteiger partial charge in [0.1, 0.15) is 5.82 Å². The third kappa shape index (κ3) is 4.11. The van der Waals surface area contributed by atoms with E-state index < -0.39 is 0 Å². The number of alkyl halides is 2. The zero-order valence-electron chi connectivity index (χ0n) is 10.6. The van der Waals surface area contributed by atoms with Gasteiger partial charge in [0, 0.05) is 30.9 Å². The molecule has 1 rings (SSSR count). The molecule has 0 heterocycles. The molecule has 0 spiro atoms. The fraction of sp³-hybridized carbons (Fsp3) is 0.571. The van der Waals surface area contributed by atoms with Crippen LogP contribution in [-0.4, -0.2) is 25.5 Å². The van der Waals surface area contributed by atoms with Crippen LogP contribution in [0.1, 0.15) is 24.8 Å². The van der Waals surface area contributed by atoms with Crippen LogP contribution in [0.25, 0.3) is 0 Å². The van der Waals surface area contributed by atoms with Gasteiger partial charge in [0.05, 0.1) is 0 Å². The first-order chi connectivity index (χ1) is 8.68. The second-order valence-corrected chi connectivity index (χ2v) is 5.04. The van der Waals surface area contributed by atoms with Crippen molar-refractivity contribution in [2.24, 2.45) is 0 Å². The maximum atomic E-state index is 13.3. The Balaban J connectivity index is 2.79. The Morgan fingerprint density at radius 2 is 1.94 bits per heavy atom. The number of benzene rings is 1. The maximum Gasteiger partial charge on any atom is 0.123 e. The molecule has 0 aliphatic rings. The van der Waals surface area contributed by atoms with Crippen LogP contribution in [0.15, 0.2) is 24.3 Å². The molecule has 0 atom stereocenters. The smallest absolute Gasteiger partial charge is 0.123 e. The second-order valence-electron chi connectivity index (χ2n) is 4.51. The number of ether oxygens (including phenoxy) is 1. The molecule has 18 heavy (non-hydrogen) atoms. The van der Waals surface area contributed by atoms with Crippen LogP contribution in [0.3, 0.4) is 0 Å². The number of unbranched alkanes of at least 4 members (excludes halogenated alkanes) is 1. The van der Waals surface area contributed by atoms with E-state index in [1.54, 1.807) is 13.2 Å². The second kappa shape index (κ2) is 7.98. The van der Waals surface area contributed by atoms with Crippen molar-refractivity contribution in [3.05, 3.63) is 35.6 Å². The molecule has 0 aliphatic carbocycles. The minimum absolute atomic E-state index is 0.246. The molecule has 0 saturated carbocycles. The first-order valence-corrected chi connectivity index (χ1v) is 7.12. The molecule has 0 amide bonds. The predicted molar refractivity (Wildman–Crippen MR) is 75.2 cm³/mol. The summed E-state index contributed by atoms with van der Waals surface area (Å²) >= 11 is 12.2. The molecule has 1 nitrogen and oxygen atoms in total. The fourth-order valence-corrected chi connectivity index (χ4v) is 2.86. The van der Waals surface area contributed by atoms with Gasteiger partial charge >= 0.3 is 0 Å². The van der Waals surface area contributed by atoms with Gasteiger partial charge in [-0.05, 0) is 30.5 Å². The van der Waals surface area contributed by atoms with Crippen molar-refractivity contribution < 1.29 is 9.13 Å². The van der Waals surface area contributed by atoms with Gasteiger partial charge < -0.3 is 4.74 Å². The van der Waals surface area contributed by atoms with Crippen molar-refractivity contribution in [1.82, 2.24) is 0 Å². The summed E-state index contributed by atoms with van der Waals surface area (Å²) in [5.74, 6) is 0.545. The molecule has 0 radical (unpaired) electrons. The molecule has 1 aromatic rings. The van der Waals surface area contributed by atoms with Gasteiger partial charge in [-0.2, -0.15) is 0 Å². The highest BCUT2D eigenvalue weighted by Crippen LogP contribution is 2.33. The summed E-state index contributed by atoms with van der Waals surface area (Å²) in [6, 6.07) is 6.56. The first kappa shape index (κ1) is 15.7. The Hall–Kier alpha value is -0.310. The largest absolute Gasteiger partial charge is 0.385 e. The standard InChI is InChI=1S/C14H19Cl2FO/c1-18-8-3-2-7-14(10-15,11-16)12-5-4-6-13(17)9-12/h4-6,9H,2-3,7-8,10-11H2,1H3. The van der Waals surface area contributed by atoms with E-state index in [0.717, 1.165) is 31.4 Å². The molecule has 0 fully saturated rings. The molecule has 0 aliphatic heterocycles. The fourth-order valence-electron chi connectivity index (χ4n) is 2.00. The Morgan fingerprint density at radius 3 is 2.50 bits per heavy atom. The van der Waals surface area contributed by atoms with E-state index in [0.29, 0.717) is 11.8 Å². The summed E-state index contributed by atoms with van der Waals surface area (Å²) in [6.45, 7) is 0.726. The third-order valence-corrected chi connectivity index (χ3v) is 4.23. The number of hydrogen-bond acceptors (Lipinski definition) is 1. The SMILES string of the molecule is COCCCCC(CCl)(CCl)c1cccc(F)c1. The van der Waals surface area contributed by atoms with Crippen LogP contribution in [0.4, 0.5) is 4.39 Å². The highest BCUT2D eigenvalue weighted by Gasteiger charge is 2.30. The van der Waals surface area contributed by atoms with Gasteiger partial charge in [-0.15, -0.1) is 23.2 Å². The topological polar surface area (TPSA) is 9.23 Å². The lowest BCUT2D eigenvalue weighted by molar-refractivity contribution is 0.190. The van der Waals surface area contributed by atoms with E-state index in [2.05, 4.69) is 0 Å². The molecule has 0 bridgehead atoms. The van der Waals surface area contributed by atoms with E-state index in [4.69, 9.17) is 27.9 Å². The van der Waals surface area contributed by atoms with Gasteiger partial charge in [-0.1, -0.05) is 18.6 Å². The summed E-state index contributed by atoms with van der Waals surface area (Å²) in [5.41, 5.74) is 0.531. The number of rotatable bonds is 8. The van der Waals surface area contributed by atoms with Crippen molar-refractivity contribution in [2.75, 3.05) is 25.5 Å². The van der Waals surface area contributed by atoms with E-state index >= 15 is 0 Å². The average Bonchev–Trinajstić information content (AvgIpc) is 2.40. The quantitative estimate of drug-likeness (QED) is 0.511. The Kier molecular flexibility index (Phi) is 6.98. The first-order valence-electron chi connectivity index (χ1n) is 6.05. The van der Waals surface area contributed by atoms with Crippen molar-refractivity contribution in [1.29, 1.82) is 0 Å². The van der Waals surface area contributed by atoms with E-state index in [1.807, 2.05) is 6.07 Å². The highest BCUT2D eigenvalue weighted by molar-refractivity contribution is 6.22. The summed E-state index contributed by atoms with van der Waals surface area (Å²) in [6.07, 6.45) is 2.76. The zero-order valence-corrected chi connectivity index (χ0v) is 12.1. The number of methoxy groups -OCH3 is 1. The van der Waals surface area contributed by atoms with Gasteiger partial charge in [0.15, 0.2) is 0 Å². The monoisotopic (exact) mass is 292 g/mol. The molecular weight excluding hydrogens is 274 g/mol. The van der Waals surface area contributed by atoms with Crippen LogP contribution >= 0.6 is 23.2 Å². The molecular formula is C14H19Cl2FO. The molecule has 4 heteroatoms. The minimum atomic E-state index is -0.348. The zero-order chi connectivity index (χ0) is 13.4.